The first kappa shape index (κ1) is 16.4. The van der Waals surface area contributed by atoms with Crippen molar-refractivity contribution in [2.75, 3.05) is 13.2 Å². The first-order valence-corrected chi connectivity index (χ1v) is 17.6. The van der Waals surface area contributed by atoms with Crippen molar-refractivity contribution in [1.29, 1.82) is 0 Å². The summed E-state index contributed by atoms with van der Waals surface area (Å²) >= 11 is -3.70. The summed E-state index contributed by atoms with van der Waals surface area (Å²) in [6.07, 6.45) is 6.72. The van der Waals surface area contributed by atoms with Gasteiger partial charge in [-0.25, -0.2) is 0 Å². The van der Waals surface area contributed by atoms with Gasteiger partial charge in [0.1, 0.15) is 0 Å². The zero-order valence-corrected chi connectivity index (χ0v) is 14.8. The second-order valence-corrected chi connectivity index (χ2v) is 18.7. The van der Waals surface area contributed by atoms with Crippen LogP contribution in [0.4, 0.5) is 0 Å². The molecule has 0 aliphatic rings. The molecule has 0 amide bonds. The van der Waals surface area contributed by atoms with Gasteiger partial charge in [0.05, 0.1) is 0 Å². The molecule has 92 valence electrons. The van der Waals surface area contributed by atoms with E-state index in [1.54, 1.807) is 0 Å². The van der Waals surface area contributed by atoms with Gasteiger partial charge in [-0.05, 0) is 0 Å². The van der Waals surface area contributed by atoms with E-state index in [1.807, 2.05) is 0 Å². The molecule has 0 aromatic rings. The first-order chi connectivity index (χ1) is 7.12. The van der Waals surface area contributed by atoms with E-state index in [0.717, 1.165) is 25.7 Å². The summed E-state index contributed by atoms with van der Waals surface area (Å²) in [4.78, 5) is 0. The summed E-state index contributed by atoms with van der Waals surface area (Å²) in [5, 5.41) is 0. The van der Waals surface area contributed by atoms with Crippen molar-refractivity contribution in [1.82, 2.24) is 0 Å². The van der Waals surface area contributed by atoms with E-state index in [2.05, 4.69) is 13.8 Å². The van der Waals surface area contributed by atoms with Crippen LogP contribution in [-0.2, 0) is 24.2 Å². The molecule has 0 radical (unpaired) electrons. The summed E-state index contributed by atoms with van der Waals surface area (Å²) in [7, 11) is 12.1. The third-order valence-corrected chi connectivity index (χ3v) is 9.49. The van der Waals surface area contributed by atoms with Gasteiger partial charge in [-0.1, -0.05) is 0 Å². The molecule has 0 fully saturated rings. The van der Waals surface area contributed by atoms with Crippen molar-refractivity contribution in [3.8, 4) is 0 Å². The van der Waals surface area contributed by atoms with E-state index in [9.17, 15) is 0 Å². The molecule has 0 rings (SSSR count). The number of halogens is 2. The molecule has 2 nitrogen and oxygen atoms in total. The molecule has 0 aliphatic heterocycles. The molecule has 15 heavy (non-hydrogen) atoms. The minimum atomic E-state index is -3.70. The van der Waals surface area contributed by atoms with Crippen molar-refractivity contribution in [2.24, 2.45) is 0 Å². The zero-order chi connectivity index (χ0) is 11.6. The number of rotatable bonds is 10. The second kappa shape index (κ2) is 10.5. The topological polar surface area (TPSA) is 18.5 Å². The third-order valence-electron chi connectivity index (χ3n) is 2.04. The number of hydrogen-bond acceptors (Lipinski definition) is 2. The summed E-state index contributed by atoms with van der Waals surface area (Å²) in [6, 6.07) is 0. The minimum absolute atomic E-state index is 0.649. The standard InChI is InChI=1S/2C5H11O.2ClH.Hf/c2*1-2-3-4-5-6;;;/h2*2-5H2,1H3;2*1H;/q2*-1;;;+4/p-2. The van der Waals surface area contributed by atoms with Gasteiger partial charge in [-0.3, -0.25) is 0 Å². The molecule has 0 heterocycles. The summed E-state index contributed by atoms with van der Waals surface area (Å²) in [5.74, 6) is 0. The normalized spacial score (nSPS) is 12.0. The van der Waals surface area contributed by atoms with Crippen LogP contribution < -0.4 is 0 Å². The van der Waals surface area contributed by atoms with Gasteiger partial charge in [-0.2, -0.15) is 0 Å². The van der Waals surface area contributed by atoms with Crippen LogP contribution in [0.3, 0.4) is 0 Å². The van der Waals surface area contributed by atoms with Crippen molar-refractivity contribution < 1.29 is 24.2 Å². The van der Waals surface area contributed by atoms with Crippen LogP contribution >= 0.6 is 17.2 Å². The van der Waals surface area contributed by atoms with Crippen molar-refractivity contribution >= 4 is 17.2 Å². The van der Waals surface area contributed by atoms with Gasteiger partial charge < -0.3 is 0 Å². The Morgan fingerprint density at radius 2 is 1.20 bits per heavy atom. The first-order valence-electron chi connectivity index (χ1n) is 5.78. The molecule has 0 saturated carbocycles. The van der Waals surface area contributed by atoms with E-state index in [4.69, 9.17) is 22.9 Å². The second-order valence-electron chi connectivity index (χ2n) is 3.57. The molecule has 0 aliphatic carbocycles. The summed E-state index contributed by atoms with van der Waals surface area (Å²) < 4.78 is 10.9. The van der Waals surface area contributed by atoms with Crippen LogP contribution in [0.5, 0.6) is 0 Å². The van der Waals surface area contributed by atoms with Crippen molar-refractivity contribution in [3.05, 3.63) is 0 Å². The molecule has 0 saturated heterocycles. The average Bonchev–Trinajstić information content (AvgIpc) is 2.20. The predicted octanol–water partition coefficient (Wildman–Crippen LogP) is 4.69. The van der Waals surface area contributed by atoms with E-state index in [0.29, 0.717) is 13.2 Å². The number of unbranched alkanes of at least 4 members (excludes halogenated alkanes) is 4. The predicted molar refractivity (Wildman–Crippen MR) is 62.7 cm³/mol. The molecule has 0 aromatic carbocycles. The van der Waals surface area contributed by atoms with Crippen molar-refractivity contribution in [2.45, 2.75) is 52.4 Å². The molecule has 0 N–H and O–H groups in total. The quantitative estimate of drug-likeness (QED) is 0.375. The van der Waals surface area contributed by atoms with Gasteiger partial charge in [0.15, 0.2) is 0 Å². The Kier molecular flexibility index (Phi) is 11.5. The Balaban J connectivity index is 3.40. The van der Waals surface area contributed by atoms with E-state index in [-0.39, 0.29) is 0 Å². The fourth-order valence-electron chi connectivity index (χ4n) is 1.13. The molecule has 0 unspecified atom stereocenters. The molecular formula is C10H22Cl2HfO2. The molecule has 0 atom stereocenters. The van der Waals surface area contributed by atoms with Gasteiger partial charge in [-0.15, -0.1) is 0 Å². The number of hydrogen-bond donors (Lipinski definition) is 0. The Hall–Kier alpha value is 1.37. The fraction of sp³-hybridized carbons (Fsp3) is 1.00. The molecule has 5 heteroatoms. The third kappa shape index (κ3) is 11.6. The van der Waals surface area contributed by atoms with Gasteiger partial charge in [0.2, 0.25) is 0 Å². The Bertz CT molecular complexity index is 131. The van der Waals surface area contributed by atoms with Gasteiger partial charge >= 0.3 is 107 Å². The molecule has 0 aromatic heterocycles. The maximum absolute atomic E-state index is 6.04. The maximum atomic E-state index is 6.04. The zero-order valence-electron chi connectivity index (χ0n) is 9.73. The van der Waals surface area contributed by atoms with Crippen LogP contribution in [0.2, 0.25) is 0 Å². The van der Waals surface area contributed by atoms with Crippen LogP contribution in [0.1, 0.15) is 52.4 Å². The van der Waals surface area contributed by atoms with E-state index in [1.165, 1.54) is 12.8 Å². The summed E-state index contributed by atoms with van der Waals surface area (Å²) in [5.41, 5.74) is 0. The Labute approximate surface area is 106 Å². The van der Waals surface area contributed by atoms with Crippen LogP contribution in [0, 0.1) is 0 Å². The van der Waals surface area contributed by atoms with Crippen LogP contribution in [0.25, 0.3) is 0 Å². The SMILES string of the molecule is CCCCC[O][Hf]([Cl])([Cl])[O]CCCCC. The molecular weight excluding hydrogens is 402 g/mol. The Morgan fingerprint density at radius 1 is 0.800 bits per heavy atom. The van der Waals surface area contributed by atoms with Crippen molar-refractivity contribution in [3.63, 3.8) is 0 Å². The van der Waals surface area contributed by atoms with Crippen LogP contribution in [0.15, 0.2) is 0 Å². The van der Waals surface area contributed by atoms with E-state index < -0.39 is 18.5 Å². The fourth-order valence-corrected chi connectivity index (χ4v) is 6.70. The van der Waals surface area contributed by atoms with Gasteiger partial charge in [0, 0.05) is 0 Å². The van der Waals surface area contributed by atoms with E-state index >= 15 is 0 Å². The summed E-state index contributed by atoms with van der Waals surface area (Å²) in [6.45, 7) is 5.60. The molecule has 0 bridgehead atoms. The van der Waals surface area contributed by atoms with Gasteiger partial charge in [0.25, 0.3) is 0 Å². The Morgan fingerprint density at radius 3 is 1.53 bits per heavy atom. The van der Waals surface area contributed by atoms with Crippen LogP contribution in [-0.4, -0.2) is 13.2 Å². The monoisotopic (exact) mass is 424 g/mol. The average molecular weight is 424 g/mol. The molecule has 0 spiro atoms.